The second-order valence-electron chi connectivity index (χ2n) is 6.23. The third kappa shape index (κ3) is 4.84. The monoisotopic (exact) mass is 483 g/mol. The van der Waals surface area contributed by atoms with Crippen molar-refractivity contribution < 1.29 is 13.2 Å². The van der Waals surface area contributed by atoms with Gasteiger partial charge in [-0.3, -0.25) is 10.1 Å². The van der Waals surface area contributed by atoms with Gasteiger partial charge in [0.05, 0.1) is 20.6 Å². The molecule has 10 heteroatoms. The van der Waals surface area contributed by atoms with Gasteiger partial charge in [0, 0.05) is 29.6 Å². The molecule has 1 N–H and O–H groups in total. The molecule has 1 aromatic heterocycles. The van der Waals surface area contributed by atoms with Gasteiger partial charge in [-0.2, -0.15) is 4.31 Å². The Bertz CT molecular complexity index is 1160. The number of hydrogen-bond donors (Lipinski definition) is 1. The van der Waals surface area contributed by atoms with Crippen LogP contribution in [0.3, 0.4) is 0 Å². The van der Waals surface area contributed by atoms with Gasteiger partial charge in [-0.1, -0.05) is 43.1 Å². The first-order valence-electron chi connectivity index (χ1n) is 9.08. The molecule has 0 saturated carbocycles. The van der Waals surface area contributed by atoms with Crippen LogP contribution in [-0.4, -0.2) is 36.7 Å². The van der Waals surface area contributed by atoms with E-state index in [0.29, 0.717) is 39.5 Å². The van der Waals surface area contributed by atoms with Gasteiger partial charge in [-0.05, 0) is 36.4 Å². The van der Waals surface area contributed by atoms with E-state index < -0.39 is 10.0 Å². The number of aromatic nitrogens is 1. The van der Waals surface area contributed by atoms with E-state index in [1.807, 2.05) is 0 Å². The van der Waals surface area contributed by atoms with E-state index in [4.69, 9.17) is 23.2 Å². The average Bonchev–Trinajstić information content (AvgIpc) is 3.19. The lowest BCUT2D eigenvalue weighted by molar-refractivity contribution is 0.102. The second-order valence-corrected chi connectivity index (χ2v) is 9.85. The molecule has 1 heterocycles. The van der Waals surface area contributed by atoms with Gasteiger partial charge >= 0.3 is 0 Å². The van der Waals surface area contributed by atoms with E-state index in [1.54, 1.807) is 37.4 Å². The molecular weight excluding hydrogens is 465 g/mol. The Kier molecular flexibility index (Phi) is 7.15. The number of hydrogen-bond acceptors (Lipinski definition) is 5. The van der Waals surface area contributed by atoms with Crippen LogP contribution in [0.5, 0.6) is 0 Å². The molecule has 30 heavy (non-hydrogen) atoms. The molecule has 0 radical (unpaired) electrons. The van der Waals surface area contributed by atoms with Crippen molar-refractivity contribution in [2.45, 2.75) is 18.7 Å². The van der Waals surface area contributed by atoms with Crippen LogP contribution in [0.1, 0.15) is 24.2 Å². The summed E-state index contributed by atoms with van der Waals surface area (Å²) in [4.78, 5) is 17.1. The lowest BCUT2D eigenvalue weighted by Gasteiger charge is -2.18. The fourth-order valence-corrected chi connectivity index (χ4v) is 5.25. The minimum atomic E-state index is -3.57. The Morgan fingerprint density at radius 3 is 2.33 bits per heavy atom. The summed E-state index contributed by atoms with van der Waals surface area (Å²) in [6.07, 6.45) is 0. The normalized spacial score (nSPS) is 11.6. The van der Waals surface area contributed by atoms with Gasteiger partial charge in [-0.15, -0.1) is 11.3 Å². The highest BCUT2D eigenvalue weighted by molar-refractivity contribution is 7.89. The molecule has 3 rings (SSSR count). The van der Waals surface area contributed by atoms with Crippen molar-refractivity contribution in [1.29, 1.82) is 0 Å². The van der Waals surface area contributed by atoms with E-state index in [9.17, 15) is 13.2 Å². The van der Waals surface area contributed by atoms with Crippen molar-refractivity contribution >= 4 is 55.6 Å². The van der Waals surface area contributed by atoms with Gasteiger partial charge in [0.2, 0.25) is 10.0 Å². The fourth-order valence-electron chi connectivity index (χ4n) is 2.78. The summed E-state index contributed by atoms with van der Waals surface area (Å²) in [5.41, 5.74) is 1.78. The molecule has 0 aliphatic carbocycles. The maximum atomic E-state index is 12.5. The Morgan fingerprint density at radius 1 is 1.07 bits per heavy atom. The zero-order valence-corrected chi connectivity index (χ0v) is 19.4. The van der Waals surface area contributed by atoms with Crippen LogP contribution in [0.15, 0.2) is 52.7 Å². The third-order valence-electron chi connectivity index (χ3n) is 4.40. The maximum absolute atomic E-state index is 12.5. The molecule has 158 valence electrons. The van der Waals surface area contributed by atoms with Crippen LogP contribution in [0.25, 0.3) is 11.3 Å². The quantitative estimate of drug-likeness (QED) is 0.487. The first kappa shape index (κ1) is 22.7. The van der Waals surface area contributed by atoms with E-state index in [1.165, 1.54) is 39.9 Å². The predicted octanol–water partition coefficient (Wildman–Crippen LogP) is 5.40. The number of nitrogens with one attached hydrogen (secondary N) is 1. The smallest absolute Gasteiger partial charge is 0.257 e. The van der Waals surface area contributed by atoms with Crippen molar-refractivity contribution in [3.8, 4) is 11.3 Å². The van der Waals surface area contributed by atoms with Crippen LogP contribution in [-0.2, 0) is 10.0 Å². The first-order chi connectivity index (χ1) is 14.3. The fraction of sp³-hybridized carbons (Fsp3) is 0.200. The summed E-state index contributed by atoms with van der Waals surface area (Å²) < 4.78 is 26.5. The standard InChI is InChI=1S/C20H19Cl2N3O3S2/c1-3-25(4-2)30(27,28)15-8-5-13(6-9-15)19(26)24-20-23-18(12-29-20)14-7-10-16(21)17(22)11-14/h5-12H,3-4H2,1-2H3,(H,23,24,26). The van der Waals surface area contributed by atoms with E-state index in [0.717, 1.165) is 5.56 Å². The third-order valence-corrected chi connectivity index (χ3v) is 7.96. The van der Waals surface area contributed by atoms with Crippen molar-refractivity contribution in [1.82, 2.24) is 9.29 Å². The number of rotatable bonds is 7. The molecule has 6 nitrogen and oxygen atoms in total. The molecule has 0 atom stereocenters. The minimum Gasteiger partial charge on any atom is -0.298 e. The largest absolute Gasteiger partial charge is 0.298 e. The lowest BCUT2D eigenvalue weighted by Crippen LogP contribution is -2.30. The van der Waals surface area contributed by atoms with E-state index in [2.05, 4.69) is 10.3 Å². The topological polar surface area (TPSA) is 79.4 Å². The van der Waals surface area contributed by atoms with Crippen LogP contribution in [0.2, 0.25) is 10.0 Å². The Hall–Kier alpha value is -1.97. The number of carbonyl (C=O) groups is 1. The lowest BCUT2D eigenvalue weighted by atomic mass is 10.2. The van der Waals surface area contributed by atoms with E-state index in [-0.39, 0.29) is 10.8 Å². The van der Waals surface area contributed by atoms with Gasteiger partial charge < -0.3 is 0 Å². The van der Waals surface area contributed by atoms with Gasteiger partial charge in [-0.25, -0.2) is 13.4 Å². The molecule has 0 saturated heterocycles. The van der Waals surface area contributed by atoms with Crippen LogP contribution < -0.4 is 5.32 Å². The highest BCUT2D eigenvalue weighted by Gasteiger charge is 2.21. The number of thiazole rings is 1. The summed E-state index contributed by atoms with van der Waals surface area (Å²) in [7, 11) is -3.57. The molecule has 0 spiro atoms. The molecule has 0 aliphatic rings. The Labute approximate surface area is 189 Å². The minimum absolute atomic E-state index is 0.152. The summed E-state index contributed by atoms with van der Waals surface area (Å²) in [6, 6.07) is 11.0. The highest BCUT2D eigenvalue weighted by Crippen LogP contribution is 2.30. The average molecular weight is 484 g/mol. The first-order valence-corrected chi connectivity index (χ1v) is 12.2. The molecular formula is C20H19Cl2N3O3S2. The number of carbonyl (C=O) groups excluding carboxylic acids is 1. The second kappa shape index (κ2) is 9.45. The van der Waals surface area contributed by atoms with Crippen LogP contribution >= 0.6 is 34.5 Å². The molecule has 0 unspecified atom stereocenters. The van der Waals surface area contributed by atoms with Crippen molar-refractivity contribution in [3.05, 3.63) is 63.5 Å². The molecule has 2 aromatic carbocycles. The number of sulfonamides is 1. The molecule has 0 fully saturated rings. The van der Waals surface area contributed by atoms with Gasteiger partial charge in [0.1, 0.15) is 0 Å². The Balaban J connectivity index is 1.74. The van der Waals surface area contributed by atoms with Crippen molar-refractivity contribution in [3.63, 3.8) is 0 Å². The van der Waals surface area contributed by atoms with Crippen LogP contribution in [0, 0.1) is 0 Å². The predicted molar refractivity (Wildman–Crippen MR) is 122 cm³/mol. The van der Waals surface area contributed by atoms with Gasteiger partial charge in [0.25, 0.3) is 5.91 Å². The van der Waals surface area contributed by atoms with Gasteiger partial charge in [0.15, 0.2) is 5.13 Å². The van der Waals surface area contributed by atoms with Crippen LogP contribution in [0.4, 0.5) is 5.13 Å². The number of amides is 1. The number of nitrogens with zero attached hydrogens (tertiary/aromatic N) is 2. The molecule has 0 aliphatic heterocycles. The molecule has 0 bridgehead atoms. The van der Waals surface area contributed by atoms with E-state index >= 15 is 0 Å². The number of halogens is 2. The highest BCUT2D eigenvalue weighted by atomic mass is 35.5. The molecule has 1 amide bonds. The van der Waals surface area contributed by atoms with Crippen molar-refractivity contribution in [2.75, 3.05) is 18.4 Å². The zero-order valence-electron chi connectivity index (χ0n) is 16.2. The summed E-state index contributed by atoms with van der Waals surface area (Å²) in [5, 5.41) is 5.82. The summed E-state index contributed by atoms with van der Waals surface area (Å²) in [5.74, 6) is -0.378. The summed E-state index contributed by atoms with van der Waals surface area (Å²) in [6.45, 7) is 4.32. The number of benzene rings is 2. The zero-order chi connectivity index (χ0) is 21.9. The SMILES string of the molecule is CCN(CC)S(=O)(=O)c1ccc(C(=O)Nc2nc(-c3ccc(Cl)c(Cl)c3)cs2)cc1. The maximum Gasteiger partial charge on any atom is 0.257 e. The number of anilines is 1. The van der Waals surface area contributed by atoms with Crippen molar-refractivity contribution in [2.24, 2.45) is 0 Å². The molecule has 3 aromatic rings. The Morgan fingerprint density at radius 2 is 1.73 bits per heavy atom. The summed E-state index contributed by atoms with van der Waals surface area (Å²) >= 11 is 13.3.